The monoisotopic (exact) mass is 160 g/mol. The number of hydrogen-bond donors (Lipinski definition) is 1. The van der Waals surface area contributed by atoms with E-state index < -0.39 is 0 Å². The number of aryl methyl sites for hydroxylation is 1. The highest BCUT2D eigenvalue weighted by molar-refractivity contribution is 5.35. The van der Waals surface area contributed by atoms with Crippen LogP contribution in [-0.4, -0.2) is 4.98 Å². The van der Waals surface area contributed by atoms with E-state index in [-0.39, 0.29) is 6.04 Å². The number of nitrogens with zero attached hydrogens (tertiary/aromatic N) is 1. The molecule has 0 aromatic carbocycles. The van der Waals surface area contributed by atoms with Crippen LogP contribution in [0.1, 0.15) is 29.8 Å². The van der Waals surface area contributed by atoms with Crippen molar-refractivity contribution in [2.75, 3.05) is 0 Å². The zero-order chi connectivity index (χ0) is 9.14. The van der Waals surface area contributed by atoms with Crippen LogP contribution in [0.5, 0.6) is 0 Å². The molecule has 1 atom stereocenters. The van der Waals surface area contributed by atoms with Crippen LogP contribution in [0.2, 0.25) is 0 Å². The first-order chi connectivity index (χ1) is 5.65. The summed E-state index contributed by atoms with van der Waals surface area (Å²) < 4.78 is 0. The standard InChI is InChI=1S/C10H12N2/c1-4-10-7(2)5-9(6-12-10)8(3)11/h1,5-6,8H,11H2,2-3H3/t8-/m0/s1. The van der Waals surface area contributed by atoms with Crippen LogP contribution in [0.25, 0.3) is 0 Å². The van der Waals surface area contributed by atoms with Crippen LogP contribution in [0, 0.1) is 19.3 Å². The van der Waals surface area contributed by atoms with Gasteiger partial charge in [-0.3, -0.25) is 0 Å². The minimum Gasteiger partial charge on any atom is -0.324 e. The summed E-state index contributed by atoms with van der Waals surface area (Å²) in [5.41, 5.74) is 8.40. The van der Waals surface area contributed by atoms with Crippen LogP contribution in [-0.2, 0) is 0 Å². The molecule has 12 heavy (non-hydrogen) atoms. The molecule has 0 unspecified atom stereocenters. The fourth-order valence-electron chi connectivity index (χ4n) is 0.997. The third-order valence-corrected chi connectivity index (χ3v) is 1.76. The van der Waals surface area contributed by atoms with E-state index >= 15 is 0 Å². The second-order valence-electron chi connectivity index (χ2n) is 2.87. The Morgan fingerprint density at radius 2 is 2.33 bits per heavy atom. The largest absolute Gasteiger partial charge is 0.324 e. The summed E-state index contributed by atoms with van der Waals surface area (Å²) >= 11 is 0. The Hall–Kier alpha value is -1.33. The molecule has 0 amide bonds. The summed E-state index contributed by atoms with van der Waals surface area (Å²) in [6.45, 7) is 3.86. The van der Waals surface area contributed by atoms with E-state index in [4.69, 9.17) is 12.2 Å². The lowest BCUT2D eigenvalue weighted by atomic mass is 10.1. The van der Waals surface area contributed by atoms with Gasteiger partial charge in [0.15, 0.2) is 0 Å². The van der Waals surface area contributed by atoms with E-state index in [2.05, 4.69) is 10.9 Å². The van der Waals surface area contributed by atoms with Crippen molar-refractivity contribution < 1.29 is 0 Å². The van der Waals surface area contributed by atoms with Gasteiger partial charge in [-0.05, 0) is 30.9 Å². The van der Waals surface area contributed by atoms with Gasteiger partial charge in [-0.2, -0.15) is 0 Å². The molecule has 0 bridgehead atoms. The highest BCUT2D eigenvalue weighted by Gasteiger charge is 2.02. The maximum absolute atomic E-state index is 5.68. The zero-order valence-corrected chi connectivity index (χ0v) is 7.33. The molecule has 1 aromatic rings. The predicted octanol–water partition coefficient (Wildman–Crippen LogP) is 1.39. The van der Waals surface area contributed by atoms with E-state index in [1.165, 1.54) is 0 Å². The third-order valence-electron chi connectivity index (χ3n) is 1.76. The quantitative estimate of drug-likeness (QED) is 0.630. The second-order valence-corrected chi connectivity index (χ2v) is 2.87. The van der Waals surface area contributed by atoms with E-state index in [9.17, 15) is 0 Å². The lowest BCUT2D eigenvalue weighted by Crippen LogP contribution is -2.06. The molecule has 0 fully saturated rings. The van der Waals surface area contributed by atoms with Crippen molar-refractivity contribution in [3.05, 3.63) is 29.1 Å². The second kappa shape index (κ2) is 3.38. The van der Waals surface area contributed by atoms with Gasteiger partial charge in [-0.25, -0.2) is 4.98 Å². The number of terminal acetylenes is 1. The third kappa shape index (κ3) is 1.63. The minimum absolute atomic E-state index is 0.0167. The summed E-state index contributed by atoms with van der Waals surface area (Å²) in [5.74, 6) is 2.51. The number of hydrogen-bond acceptors (Lipinski definition) is 2. The first-order valence-electron chi connectivity index (χ1n) is 3.84. The number of pyridine rings is 1. The molecular weight excluding hydrogens is 148 g/mol. The molecule has 2 N–H and O–H groups in total. The van der Waals surface area contributed by atoms with Gasteiger partial charge in [-0.15, -0.1) is 6.42 Å². The summed E-state index contributed by atoms with van der Waals surface area (Å²) in [4.78, 5) is 4.10. The Bertz CT molecular complexity index is 321. The topological polar surface area (TPSA) is 38.9 Å². The average Bonchev–Trinajstić information content (AvgIpc) is 2.04. The minimum atomic E-state index is 0.0167. The van der Waals surface area contributed by atoms with Gasteiger partial charge < -0.3 is 5.73 Å². The molecule has 1 heterocycles. The molecular formula is C10H12N2. The maximum atomic E-state index is 5.68. The molecule has 1 rings (SSSR count). The van der Waals surface area contributed by atoms with Gasteiger partial charge in [0.25, 0.3) is 0 Å². The number of aromatic nitrogens is 1. The van der Waals surface area contributed by atoms with E-state index in [0.29, 0.717) is 5.69 Å². The molecule has 0 aliphatic rings. The van der Waals surface area contributed by atoms with Crippen LogP contribution < -0.4 is 5.73 Å². The highest BCUT2D eigenvalue weighted by atomic mass is 14.7. The summed E-state index contributed by atoms with van der Waals surface area (Å²) in [6.07, 6.45) is 6.96. The molecule has 2 heteroatoms. The lowest BCUT2D eigenvalue weighted by molar-refractivity contribution is 0.809. The molecule has 1 aromatic heterocycles. The molecule has 0 aliphatic heterocycles. The van der Waals surface area contributed by atoms with Gasteiger partial charge in [0.1, 0.15) is 5.69 Å². The maximum Gasteiger partial charge on any atom is 0.115 e. The van der Waals surface area contributed by atoms with E-state index in [1.54, 1.807) is 6.20 Å². The van der Waals surface area contributed by atoms with Gasteiger partial charge in [0, 0.05) is 12.2 Å². The van der Waals surface area contributed by atoms with Gasteiger partial charge in [-0.1, -0.05) is 6.07 Å². The van der Waals surface area contributed by atoms with Gasteiger partial charge in [0.2, 0.25) is 0 Å². The van der Waals surface area contributed by atoms with Crippen molar-refractivity contribution in [3.63, 3.8) is 0 Å². The van der Waals surface area contributed by atoms with Crippen LogP contribution in [0.15, 0.2) is 12.3 Å². The fourth-order valence-corrected chi connectivity index (χ4v) is 0.997. The normalized spacial score (nSPS) is 12.2. The number of rotatable bonds is 1. The predicted molar refractivity (Wildman–Crippen MR) is 49.5 cm³/mol. The first kappa shape index (κ1) is 8.76. The first-order valence-corrected chi connectivity index (χ1v) is 3.84. The van der Waals surface area contributed by atoms with Crippen molar-refractivity contribution in [2.24, 2.45) is 5.73 Å². The Balaban J connectivity index is 3.12. The summed E-state index contributed by atoms with van der Waals surface area (Å²) in [5, 5.41) is 0. The van der Waals surface area contributed by atoms with Crippen molar-refractivity contribution >= 4 is 0 Å². The van der Waals surface area contributed by atoms with Crippen LogP contribution in [0.3, 0.4) is 0 Å². The van der Waals surface area contributed by atoms with Crippen LogP contribution in [0.4, 0.5) is 0 Å². The molecule has 0 spiro atoms. The Morgan fingerprint density at radius 1 is 1.67 bits per heavy atom. The number of nitrogens with two attached hydrogens (primary N) is 1. The Kier molecular flexibility index (Phi) is 2.47. The van der Waals surface area contributed by atoms with Gasteiger partial charge in [0.05, 0.1) is 0 Å². The van der Waals surface area contributed by atoms with Crippen molar-refractivity contribution in [1.29, 1.82) is 0 Å². The zero-order valence-electron chi connectivity index (χ0n) is 7.33. The summed E-state index contributed by atoms with van der Waals surface area (Å²) in [7, 11) is 0. The molecule has 62 valence electrons. The van der Waals surface area contributed by atoms with E-state index in [0.717, 1.165) is 11.1 Å². The molecule has 0 radical (unpaired) electrons. The molecule has 0 saturated carbocycles. The van der Waals surface area contributed by atoms with E-state index in [1.807, 2.05) is 19.9 Å². The smallest absolute Gasteiger partial charge is 0.115 e. The Morgan fingerprint density at radius 3 is 2.75 bits per heavy atom. The van der Waals surface area contributed by atoms with Crippen molar-refractivity contribution in [2.45, 2.75) is 19.9 Å². The fraction of sp³-hybridized carbons (Fsp3) is 0.300. The molecule has 0 saturated heterocycles. The van der Waals surface area contributed by atoms with Crippen LogP contribution >= 0.6 is 0 Å². The SMILES string of the molecule is C#Cc1ncc([C@H](C)N)cc1C. The Labute approximate surface area is 72.8 Å². The highest BCUT2D eigenvalue weighted by Crippen LogP contribution is 2.11. The molecule has 2 nitrogen and oxygen atoms in total. The average molecular weight is 160 g/mol. The summed E-state index contributed by atoms with van der Waals surface area (Å²) in [6, 6.07) is 2.00. The van der Waals surface area contributed by atoms with Crippen molar-refractivity contribution in [3.8, 4) is 12.3 Å². The molecule has 0 aliphatic carbocycles. The lowest BCUT2D eigenvalue weighted by Gasteiger charge is -2.06. The van der Waals surface area contributed by atoms with Crippen molar-refractivity contribution in [1.82, 2.24) is 4.98 Å². The van der Waals surface area contributed by atoms with Gasteiger partial charge >= 0.3 is 0 Å².